The predicted molar refractivity (Wildman–Crippen MR) is 123 cm³/mol. The second-order valence-corrected chi connectivity index (χ2v) is 10.1. The Labute approximate surface area is 191 Å². The van der Waals surface area contributed by atoms with Crippen molar-refractivity contribution < 1.29 is 23.5 Å². The average Bonchev–Trinajstić information content (AvgIpc) is 3.31. The maximum absolute atomic E-state index is 13.4. The van der Waals surface area contributed by atoms with Crippen molar-refractivity contribution in [3.63, 3.8) is 0 Å². The van der Waals surface area contributed by atoms with E-state index < -0.39 is 5.41 Å². The number of hydrogen-bond acceptors (Lipinski definition) is 7. The van der Waals surface area contributed by atoms with Gasteiger partial charge in [0.15, 0.2) is 5.78 Å². The molecule has 1 aliphatic rings. The van der Waals surface area contributed by atoms with Crippen LogP contribution in [0.2, 0.25) is 0 Å². The first kappa shape index (κ1) is 22.5. The summed E-state index contributed by atoms with van der Waals surface area (Å²) in [6, 6.07) is 5.58. The van der Waals surface area contributed by atoms with Gasteiger partial charge in [0.05, 0.1) is 28.0 Å². The lowest BCUT2D eigenvalue weighted by atomic mass is 9.65. The van der Waals surface area contributed by atoms with Gasteiger partial charge in [-0.1, -0.05) is 13.3 Å². The van der Waals surface area contributed by atoms with Crippen LogP contribution < -0.4 is 4.74 Å². The largest absolute Gasteiger partial charge is 0.488 e. The molecular weight excluding hydrogens is 426 g/mol. The van der Waals surface area contributed by atoms with Crippen molar-refractivity contribution in [3.8, 4) is 5.75 Å². The molecule has 1 unspecified atom stereocenters. The van der Waals surface area contributed by atoms with Crippen molar-refractivity contribution in [2.75, 3.05) is 7.11 Å². The molecule has 2 aromatic heterocycles. The molecule has 1 atom stereocenters. The molecule has 1 saturated carbocycles. The van der Waals surface area contributed by atoms with E-state index in [1.54, 1.807) is 11.3 Å². The fourth-order valence-electron chi connectivity index (χ4n) is 4.47. The van der Waals surface area contributed by atoms with Crippen molar-refractivity contribution in [2.45, 2.75) is 59.5 Å². The highest BCUT2D eigenvalue weighted by molar-refractivity contribution is 7.11. The number of furan rings is 1. The summed E-state index contributed by atoms with van der Waals surface area (Å²) in [5.74, 6) is 0.965. The normalized spacial score (nSPS) is 15.9. The average molecular weight is 456 g/mol. The van der Waals surface area contributed by atoms with E-state index in [9.17, 15) is 9.59 Å². The van der Waals surface area contributed by atoms with Gasteiger partial charge in [0, 0.05) is 17.5 Å². The number of ketones is 1. The minimum atomic E-state index is -0.410. The Morgan fingerprint density at radius 2 is 2.06 bits per heavy atom. The van der Waals surface area contributed by atoms with Crippen LogP contribution >= 0.6 is 11.3 Å². The summed E-state index contributed by atoms with van der Waals surface area (Å²) in [5, 5.41) is 1.77. The summed E-state index contributed by atoms with van der Waals surface area (Å²) < 4.78 is 16.8. The fourth-order valence-corrected chi connectivity index (χ4v) is 5.18. The molecule has 2 heterocycles. The number of thiazole rings is 1. The Hall–Kier alpha value is -2.67. The van der Waals surface area contributed by atoms with E-state index in [0.717, 1.165) is 34.5 Å². The van der Waals surface area contributed by atoms with E-state index in [1.165, 1.54) is 7.11 Å². The van der Waals surface area contributed by atoms with Gasteiger partial charge in [0.25, 0.3) is 0 Å². The first-order valence-electron chi connectivity index (χ1n) is 11.0. The van der Waals surface area contributed by atoms with Gasteiger partial charge in [0.2, 0.25) is 0 Å². The van der Waals surface area contributed by atoms with Crippen LogP contribution in [0.15, 0.2) is 28.8 Å². The van der Waals surface area contributed by atoms with Crippen molar-refractivity contribution >= 4 is 34.1 Å². The molecule has 1 fully saturated rings. The number of methoxy groups -OCH3 is 1. The first-order valence-corrected chi connectivity index (χ1v) is 11.8. The molecule has 0 N–H and O–H groups in total. The molecule has 7 heteroatoms. The van der Waals surface area contributed by atoms with Crippen LogP contribution in [0.25, 0.3) is 11.0 Å². The number of aromatic nitrogens is 1. The van der Waals surface area contributed by atoms with E-state index >= 15 is 0 Å². The number of ether oxygens (including phenoxy) is 2. The van der Waals surface area contributed by atoms with Crippen LogP contribution in [0.3, 0.4) is 0 Å². The molecule has 0 bridgehead atoms. The lowest BCUT2D eigenvalue weighted by Crippen LogP contribution is -2.39. The van der Waals surface area contributed by atoms with Crippen LogP contribution in [0.4, 0.5) is 0 Å². The number of Topliss-reactive ketones (excluding diaryl/α,β-unsaturated/α-hetero) is 1. The molecule has 0 spiro atoms. The molecule has 32 heavy (non-hydrogen) atoms. The molecule has 0 amide bonds. The Kier molecular flexibility index (Phi) is 6.38. The van der Waals surface area contributed by atoms with E-state index in [2.05, 4.69) is 4.98 Å². The summed E-state index contributed by atoms with van der Waals surface area (Å²) in [6.07, 6.45) is 5.85. The second kappa shape index (κ2) is 9.06. The highest BCUT2D eigenvalue weighted by Crippen LogP contribution is 2.46. The number of carbonyl (C=O) groups is 2. The maximum Gasteiger partial charge on any atom is 0.311 e. The van der Waals surface area contributed by atoms with Crippen LogP contribution in [0, 0.1) is 25.2 Å². The quantitative estimate of drug-likeness (QED) is 0.290. The number of esters is 1. The van der Waals surface area contributed by atoms with Gasteiger partial charge in [-0.2, -0.15) is 0 Å². The summed E-state index contributed by atoms with van der Waals surface area (Å²) >= 11 is 1.60. The number of benzene rings is 1. The molecule has 0 aliphatic heterocycles. The van der Waals surface area contributed by atoms with E-state index in [0.29, 0.717) is 42.1 Å². The number of rotatable bonds is 9. The zero-order valence-corrected chi connectivity index (χ0v) is 19.8. The summed E-state index contributed by atoms with van der Waals surface area (Å²) in [6.45, 7) is 6.15. The highest BCUT2D eigenvalue weighted by Gasteiger charge is 2.45. The monoisotopic (exact) mass is 455 g/mol. The summed E-state index contributed by atoms with van der Waals surface area (Å²) in [7, 11) is 1.44. The van der Waals surface area contributed by atoms with E-state index in [-0.39, 0.29) is 17.7 Å². The molecule has 1 aromatic carbocycles. The van der Waals surface area contributed by atoms with Crippen molar-refractivity contribution in [3.05, 3.63) is 45.6 Å². The van der Waals surface area contributed by atoms with E-state index in [1.807, 2.05) is 45.2 Å². The molecule has 6 nitrogen and oxygen atoms in total. The standard InChI is InChI=1S/C25H29NO5S/c1-15(8-11-25(9-5-10-25)24(28)29-4)23(27)22-16(2)31-21-7-6-18(12-20(21)22)30-14-19-13-26-17(3)32-19/h6-7,12-13,15H,5,8-11,14H2,1-4H3. The Morgan fingerprint density at radius 1 is 1.28 bits per heavy atom. The van der Waals surface area contributed by atoms with Gasteiger partial charge >= 0.3 is 5.97 Å². The van der Waals surface area contributed by atoms with Gasteiger partial charge in [-0.05, 0) is 57.7 Å². The zero-order valence-electron chi connectivity index (χ0n) is 19.0. The Balaban J connectivity index is 1.50. The number of aryl methyl sites for hydroxylation is 2. The smallest absolute Gasteiger partial charge is 0.311 e. The first-order chi connectivity index (χ1) is 15.3. The van der Waals surface area contributed by atoms with Crippen molar-refractivity contribution in [1.29, 1.82) is 0 Å². The summed E-state index contributed by atoms with van der Waals surface area (Å²) in [5.41, 5.74) is 0.865. The Morgan fingerprint density at radius 3 is 2.69 bits per heavy atom. The Bertz CT molecular complexity index is 1140. The predicted octanol–water partition coefficient (Wildman–Crippen LogP) is 6.03. The number of nitrogens with zero attached hydrogens (tertiary/aromatic N) is 1. The van der Waals surface area contributed by atoms with Gasteiger partial charge < -0.3 is 13.9 Å². The van der Waals surface area contributed by atoms with Gasteiger partial charge in [-0.15, -0.1) is 11.3 Å². The third kappa shape index (κ3) is 4.31. The molecule has 0 radical (unpaired) electrons. The third-order valence-electron chi connectivity index (χ3n) is 6.56. The number of carbonyl (C=O) groups excluding carboxylic acids is 2. The molecule has 0 saturated heterocycles. The minimum absolute atomic E-state index is 0.0378. The van der Waals surface area contributed by atoms with Gasteiger partial charge in [-0.25, -0.2) is 4.98 Å². The molecular formula is C25H29NO5S. The highest BCUT2D eigenvalue weighted by atomic mass is 32.1. The zero-order chi connectivity index (χ0) is 22.9. The lowest BCUT2D eigenvalue weighted by molar-refractivity contribution is -0.159. The van der Waals surface area contributed by atoms with Crippen LogP contribution in [-0.4, -0.2) is 23.8 Å². The minimum Gasteiger partial charge on any atom is -0.488 e. The SMILES string of the molecule is COC(=O)C1(CCC(C)C(=O)c2c(C)oc3ccc(OCc4cnc(C)s4)cc23)CCC1. The number of hydrogen-bond donors (Lipinski definition) is 0. The topological polar surface area (TPSA) is 78.6 Å². The second-order valence-electron chi connectivity index (χ2n) is 8.75. The summed E-state index contributed by atoms with van der Waals surface area (Å²) in [4.78, 5) is 30.9. The van der Waals surface area contributed by atoms with Gasteiger partial charge in [0.1, 0.15) is 23.7 Å². The molecule has 4 rings (SSSR count). The van der Waals surface area contributed by atoms with Crippen LogP contribution in [0.5, 0.6) is 5.75 Å². The van der Waals surface area contributed by atoms with Gasteiger partial charge in [-0.3, -0.25) is 9.59 Å². The third-order valence-corrected chi connectivity index (χ3v) is 7.45. The van der Waals surface area contributed by atoms with Crippen molar-refractivity contribution in [2.24, 2.45) is 11.3 Å². The molecule has 3 aromatic rings. The number of fused-ring (bicyclic) bond motifs is 1. The maximum atomic E-state index is 13.4. The van der Waals surface area contributed by atoms with Crippen LogP contribution in [-0.2, 0) is 16.1 Å². The van der Waals surface area contributed by atoms with Crippen LogP contribution in [0.1, 0.15) is 65.0 Å². The lowest BCUT2D eigenvalue weighted by Gasteiger charge is -2.39. The fraction of sp³-hybridized carbons (Fsp3) is 0.480. The van der Waals surface area contributed by atoms with E-state index in [4.69, 9.17) is 13.9 Å². The van der Waals surface area contributed by atoms with Crippen molar-refractivity contribution in [1.82, 2.24) is 4.98 Å². The molecule has 170 valence electrons. The molecule has 1 aliphatic carbocycles.